The first-order chi connectivity index (χ1) is 8.63. The number of piperidine rings is 1. The minimum absolute atomic E-state index is 0.291. The van der Waals surface area contributed by atoms with Gasteiger partial charge >= 0.3 is 5.97 Å². The van der Waals surface area contributed by atoms with Gasteiger partial charge in [0.05, 0.1) is 11.9 Å². The molecule has 6 nitrogen and oxygen atoms in total. The van der Waals surface area contributed by atoms with Crippen LogP contribution in [0.3, 0.4) is 0 Å². The van der Waals surface area contributed by atoms with Crippen LogP contribution in [0, 0.1) is 0 Å². The zero-order valence-electron chi connectivity index (χ0n) is 10.7. The van der Waals surface area contributed by atoms with Gasteiger partial charge in [0.25, 0.3) is 0 Å². The number of hydrogen-bond acceptors (Lipinski definition) is 4. The maximum atomic E-state index is 11.1. The zero-order chi connectivity index (χ0) is 13.1. The Balaban J connectivity index is 2.17. The molecule has 1 aliphatic rings. The van der Waals surface area contributed by atoms with Crippen molar-refractivity contribution in [2.75, 3.05) is 13.1 Å². The fraction of sp³-hybridized carbons (Fsp3) is 0.667. The number of rotatable bonds is 4. The molecule has 2 rings (SSSR count). The first kappa shape index (κ1) is 13.0. The molecule has 0 bridgehead atoms. The molecule has 6 heteroatoms. The van der Waals surface area contributed by atoms with Crippen molar-refractivity contribution < 1.29 is 9.90 Å². The number of aromatic nitrogens is 2. The molecular weight excluding hydrogens is 232 g/mol. The van der Waals surface area contributed by atoms with Gasteiger partial charge in [-0.05, 0) is 19.4 Å². The number of likely N-dealkylation sites (tertiary alicyclic amines) is 1. The van der Waals surface area contributed by atoms with E-state index in [1.807, 2.05) is 0 Å². The number of carboxylic acid groups (broad SMARTS) is 1. The van der Waals surface area contributed by atoms with Gasteiger partial charge in [0.2, 0.25) is 0 Å². The Labute approximate surface area is 106 Å². The molecule has 1 saturated heterocycles. The van der Waals surface area contributed by atoms with Crippen molar-refractivity contribution in [2.45, 2.75) is 31.8 Å². The van der Waals surface area contributed by atoms with Crippen molar-refractivity contribution in [1.29, 1.82) is 0 Å². The van der Waals surface area contributed by atoms with E-state index >= 15 is 0 Å². The predicted octanol–water partition coefficient (Wildman–Crippen LogP) is 0.432. The third-order valence-electron chi connectivity index (χ3n) is 3.67. The van der Waals surface area contributed by atoms with Gasteiger partial charge < -0.3 is 10.8 Å². The van der Waals surface area contributed by atoms with Crippen molar-refractivity contribution in [3.8, 4) is 0 Å². The fourth-order valence-electron chi connectivity index (χ4n) is 2.56. The minimum Gasteiger partial charge on any atom is -0.478 e. The quantitative estimate of drug-likeness (QED) is 0.812. The Kier molecular flexibility index (Phi) is 3.98. The smallest absolute Gasteiger partial charge is 0.339 e. The number of aromatic carboxylic acids is 1. The third-order valence-corrected chi connectivity index (χ3v) is 3.67. The highest BCUT2D eigenvalue weighted by Crippen LogP contribution is 2.20. The lowest BCUT2D eigenvalue weighted by Crippen LogP contribution is -2.44. The van der Waals surface area contributed by atoms with E-state index in [4.69, 9.17) is 10.8 Å². The van der Waals surface area contributed by atoms with E-state index in [0.717, 1.165) is 25.1 Å². The zero-order valence-corrected chi connectivity index (χ0v) is 10.7. The van der Waals surface area contributed by atoms with Crippen molar-refractivity contribution in [3.63, 3.8) is 0 Å². The first-order valence-corrected chi connectivity index (χ1v) is 6.31. The first-order valence-electron chi connectivity index (χ1n) is 6.31. The highest BCUT2D eigenvalue weighted by molar-refractivity contribution is 5.88. The van der Waals surface area contributed by atoms with Gasteiger partial charge in [-0.3, -0.25) is 9.58 Å². The molecule has 1 atom stereocenters. The van der Waals surface area contributed by atoms with Crippen LogP contribution in [-0.4, -0.2) is 44.9 Å². The van der Waals surface area contributed by atoms with Crippen molar-refractivity contribution >= 4 is 5.97 Å². The molecule has 0 saturated carbocycles. The summed E-state index contributed by atoms with van der Waals surface area (Å²) in [6, 6.07) is 0.357. The van der Waals surface area contributed by atoms with Crippen molar-refractivity contribution in [1.82, 2.24) is 14.7 Å². The highest BCUT2D eigenvalue weighted by atomic mass is 16.4. The SMILES string of the molecule is Cn1ncc(C(=O)O)c1CN1CCCCC1CN. The van der Waals surface area contributed by atoms with Crippen molar-refractivity contribution in [2.24, 2.45) is 12.8 Å². The lowest BCUT2D eigenvalue weighted by atomic mass is 10.0. The van der Waals surface area contributed by atoms with Crippen molar-refractivity contribution in [3.05, 3.63) is 17.5 Å². The van der Waals surface area contributed by atoms with Gasteiger partial charge in [-0.15, -0.1) is 0 Å². The molecule has 0 aromatic carbocycles. The Bertz CT molecular complexity index is 430. The summed E-state index contributed by atoms with van der Waals surface area (Å²) < 4.78 is 1.64. The molecule has 1 aliphatic heterocycles. The van der Waals surface area contributed by atoms with Gasteiger partial charge in [-0.1, -0.05) is 6.42 Å². The van der Waals surface area contributed by atoms with Gasteiger partial charge in [0.1, 0.15) is 5.56 Å². The van der Waals surface area contributed by atoms with Crippen LogP contribution in [0.2, 0.25) is 0 Å². The van der Waals surface area contributed by atoms with Crippen LogP contribution in [0.25, 0.3) is 0 Å². The lowest BCUT2D eigenvalue weighted by Gasteiger charge is -2.34. The minimum atomic E-state index is -0.917. The molecule has 3 N–H and O–H groups in total. The predicted molar refractivity (Wildman–Crippen MR) is 67.3 cm³/mol. The number of hydrogen-bond donors (Lipinski definition) is 2. The summed E-state index contributed by atoms with van der Waals surface area (Å²) in [5.74, 6) is -0.917. The normalized spacial score (nSPS) is 21.1. The van der Waals surface area contributed by atoms with Crippen LogP contribution in [0.1, 0.15) is 35.3 Å². The van der Waals surface area contributed by atoms with E-state index in [1.54, 1.807) is 11.7 Å². The lowest BCUT2D eigenvalue weighted by molar-refractivity contribution is 0.0692. The standard InChI is InChI=1S/C12H20N4O2/c1-15-11(10(7-14-15)12(17)18)8-16-5-3-2-4-9(16)6-13/h7,9H,2-6,8,13H2,1H3,(H,17,18). The monoisotopic (exact) mass is 252 g/mol. The summed E-state index contributed by atoms with van der Waals surface area (Å²) in [4.78, 5) is 13.4. The van der Waals surface area contributed by atoms with Crippen LogP contribution >= 0.6 is 0 Å². The number of aryl methyl sites for hydroxylation is 1. The summed E-state index contributed by atoms with van der Waals surface area (Å²) in [5, 5.41) is 13.2. The van der Waals surface area contributed by atoms with Gasteiger partial charge in [-0.25, -0.2) is 4.79 Å². The van der Waals surface area contributed by atoms with Gasteiger partial charge in [0.15, 0.2) is 0 Å². The van der Waals surface area contributed by atoms with E-state index in [-0.39, 0.29) is 0 Å². The van der Waals surface area contributed by atoms with E-state index in [1.165, 1.54) is 12.6 Å². The molecule has 100 valence electrons. The summed E-state index contributed by atoms with van der Waals surface area (Å²) in [5.41, 5.74) is 6.82. The summed E-state index contributed by atoms with van der Waals surface area (Å²) >= 11 is 0. The molecule has 1 aromatic rings. The summed E-state index contributed by atoms with van der Waals surface area (Å²) in [7, 11) is 1.78. The Morgan fingerprint density at radius 2 is 2.39 bits per heavy atom. The third kappa shape index (κ3) is 2.54. The largest absolute Gasteiger partial charge is 0.478 e. The number of carbonyl (C=O) groups is 1. The average Bonchev–Trinajstić information content (AvgIpc) is 2.72. The number of carboxylic acids is 1. The van der Waals surface area contributed by atoms with Crippen LogP contribution in [0.5, 0.6) is 0 Å². The van der Waals surface area contributed by atoms with E-state index < -0.39 is 5.97 Å². The van der Waals surface area contributed by atoms with E-state index in [0.29, 0.717) is 24.7 Å². The molecular formula is C12H20N4O2. The van der Waals surface area contributed by atoms with E-state index in [2.05, 4.69) is 10.00 Å². The van der Waals surface area contributed by atoms with Crippen LogP contribution in [0.4, 0.5) is 0 Å². The molecule has 1 aromatic heterocycles. The molecule has 18 heavy (non-hydrogen) atoms. The second-order valence-electron chi connectivity index (χ2n) is 4.79. The maximum absolute atomic E-state index is 11.1. The number of nitrogens with zero attached hydrogens (tertiary/aromatic N) is 3. The second-order valence-corrected chi connectivity index (χ2v) is 4.79. The van der Waals surface area contributed by atoms with Gasteiger partial charge in [-0.2, -0.15) is 5.10 Å². The molecule has 0 aliphatic carbocycles. The molecule has 0 radical (unpaired) electrons. The van der Waals surface area contributed by atoms with Crippen LogP contribution in [0.15, 0.2) is 6.20 Å². The Morgan fingerprint density at radius 1 is 1.61 bits per heavy atom. The average molecular weight is 252 g/mol. The Hall–Kier alpha value is -1.40. The maximum Gasteiger partial charge on any atom is 0.339 e. The topological polar surface area (TPSA) is 84.4 Å². The summed E-state index contributed by atoms with van der Waals surface area (Å²) in [6.45, 7) is 2.21. The Morgan fingerprint density at radius 3 is 3.06 bits per heavy atom. The summed E-state index contributed by atoms with van der Waals surface area (Å²) in [6.07, 6.45) is 4.86. The number of nitrogens with two attached hydrogens (primary N) is 1. The fourth-order valence-corrected chi connectivity index (χ4v) is 2.56. The van der Waals surface area contributed by atoms with Gasteiger partial charge in [0, 0.05) is 26.2 Å². The second kappa shape index (κ2) is 5.49. The molecule has 1 fully saturated rings. The molecule has 2 heterocycles. The molecule has 0 amide bonds. The van der Waals surface area contributed by atoms with Crippen LogP contribution < -0.4 is 5.73 Å². The van der Waals surface area contributed by atoms with E-state index in [9.17, 15) is 4.79 Å². The van der Waals surface area contributed by atoms with Crippen LogP contribution in [-0.2, 0) is 13.6 Å². The molecule has 0 spiro atoms. The molecule has 1 unspecified atom stereocenters. The highest BCUT2D eigenvalue weighted by Gasteiger charge is 2.24.